The van der Waals surface area contributed by atoms with Crippen molar-refractivity contribution in [3.05, 3.63) is 91.0 Å². The molecule has 208 valence electrons. The Hall–Kier alpha value is -2.51. The van der Waals surface area contributed by atoms with Crippen LogP contribution in [0.15, 0.2) is 91.0 Å². The van der Waals surface area contributed by atoms with Gasteiger partial charge < -0.3 is 0 Å². The summed E-state index contributed by atoms with van der Waals surface area (Å²) in [6.45, 7) is 1.30. The second-order valence-corrected chi connectivity index (χ2v) is 15.9. The molecule has 0 atom stereocenters. The van der Waals surface area contributed by atoms with Gasteiger partial charge >= 0.3 is 217 Å². The molecule has 15 heteroatoms. The van der Waals surface area contributed by atoms with Crippen molar-refractivity contribution in [1.82, 2.24) is 8.80 Å². The van der Waals surface area contributed by atoms with Crippen LogP contribution in [0.3, 0.4) is 0 Å². The molecule has 0 aromatic heterocycles. The van der Waals surface area contributed by atoms with E-state index in [1.165, 1.54) is 0 Å². The molecule has 0 aliphatic carbocycles. The maximum absolute atomic E-state index is 13.7. The molecule has 0 radical (unpaired) electrons. The summed E-state index contributed by atoms with van der Waals surface area (Å²) in [5.74, 6) is 0. The fraction of sp³-hybridized carbons (Fsp3) is 0.217. The first-order chi connectivity index (χ1) is 17.4. The third kappa shape index (κ3) is 5.32. The number of hydrogen-bond donors (Lipinski definition) is 1. The summed E-state index contributed by atoms with van der Waals surface area (Å²) >= 11 is 0. The van der Waals surface area contributed by atoms with Crippen LogP contribution in [0.5, 0.6) is 0 Å². The van der Waals surface area contributed by atoms with Gasteiger partial charge in [0, 0.05) is 0 Å². The molecule has 3 aromatic rings. The van der Waals surface area contributed by atoms with Crippen molar-refractivity contribution in [1.29, 1.82) is 0 Å². The Morgan fingerprint density at radius 3 is 1.08 bits per heavy atom. The molecule has 0 unspecified atom stereocenters. The van der Waals surface area contributed by atoms with Gasteiger partial charge in [0.2, 0.25) is 0 Å². The van der Waals surface area contributed by atoms with E-state index in [0.29, 0.717) is 29.8 Å². The quantitative estimate of drug-likeness (QED) is 0.241. The number of sulfonamides is 2. The molecule has 38 heavy (non-hydrogen) atoms. The van der Waals surface area contributed by atoms with E-state index in [1.807, 2.05) is 0 Å². The maximum atomic E-state index is 13.7. The molecule has 0 fully saturated rings. The molecule has 3 rings (SSSR count). The molecule has 0 heterocycles. The van der Waals surface area contributed by atoms with Crippen LogP contribution in [-0.4, -0.2) is 37.2 Å². The summed E-state index contributed by atoms with van der Waals surface area (Å²) in [4.78, 5) is 0. The minimum absolute atomic E-state index is 0.416. The average molecular weight is 601 g/mol. The fourth-order valence-electron chi connectivity index (χ4n) is 4.20. The van der Waals surface area contributed by atoms with Gasteiger partial charge in [-0.1, -0.05) is 0 Å². The van der Waals surface area contributed by atoms with E-state index in [-0.39, 0.29) is 0 Å². The molecule has 0 aliphatic heterocycles. The Labute approximate surface area is 216 Å². The van der Waals surface area contributed by atoms with Crippen molar-refractivity contribution in [2.24, 2.45) is 0 Å². The molecular formula is C23H23F6N2O4PS2. The van der Waals surface area contributed by atoms with Crippen molar-refractivity contribution >= 4 is 43.4 Å². The molecule has 6 nitrogen and oxygen atoms in total. The van der Waals surface area contributed by atoms with Crippen molar-refractivity contribution < 1.29 is 43.2 Å². The molecule has 3 aromatic carbocycles. The van der Waals surface area contributed by atoms with Gasteiger partial charge in [-0.25, -0.2) is 0 Å². The molecule has 0 aliphatic rings. The first kappa shape index (κ1) is 30.0. The summed E-state index contributed by atoms with van der Waals surface area (Å²) in [6, 6.07) is 23.9. The SMILES string of the molecule is CC(C)(N[PH](c1ccccc1)(c1ccccc1)c1ccccc1)N(S(=O)(=O)C(F)(F)F)S(=O)(=O)C(F)(F)F. The third-order valence-electron chi connectivity index (χ3n) is 5.59. The van der Waals surface area contributed by atoms with Crippen molar-refractivity contribution in [3.63, 3.8) is 0 Å². The van der Waals surface area contributed by atoms with Crippen LogP contribution in [0.2, 0.25) is 0 Å². The average Bonchev–Trinajstić information content (AvgIpc) is 2.82. The Morgan fingerprint density at radius 1 is 0.579 bits per heavy atom. The molecule has 0 amide bonds. The van der Waals surface area contributed by atoms with Gasteiger partial charge in [0.1, 0.15) is 0 Å². The molecule has 1 N–H and O–H groups in total. The number of halogens is 6. The van der Waals surface area contributed by atoms with E-state index in [9.17, 15) is 43.2 Å². The van der Waals surface area contributed by atoms with E-state index < -0.39 is 47.8 Å². The van der Waals surface area contributed by atoms with Crippen LogP contribution < -0.4 is 21.0 Å². The van der Waals surface area contributed by atoms with Gasteiger partial charge in [0.05, 0.1) is 0 Å². The van der Waals surface area contributed by atoms with Gasteiger partial charge in [0.15, 0.2) is 0 Å². The standard InChI is InChI=1S/C23H23F6N2O4PS2/c1-21(2,31(37(32,33)22(24,25)26)38(34,35)23(27,28)29)30-36(18-12-6-3-7-13-18,19-14-8-4-9-15-19)20-16-10-5-11-17-20/h3-17,30,36H,1-2H3. The van der Waals surface area contributed by atoms with Crippen LogP contribution in [0, 0.1) is 0 Å². The number of nitrogens with one attached hydrogen (secondary N) is 1. The van der Waals surface area contributed by atoms with E-state index in [1.54, 1.807) is 91.0 Å². The van der Waals surface area contributed by atoms with Crippen LogP contribution in [0.4, 0.5) is 26.3 Å². The summed E-state index contributed by atoms with van der Waals surface area (Å²) in [5.41, 5.74) is -15.7. The zero-order valence-corrected chi connectivity index (χ0v) is 22.5. The van der Waals surface area contributed by atoms with Gasteiger partial charge in [-0.2, -0.15) is 0 Å². The Bertz CT molecular complexity index is 1330. The summed E-state index contributed by atoms with van der Waals surface area (Å²) in [6.07, 6.45) is 0. The van der Waals surface area contributed by atoms with E-state index in [4.69, 9.17) is 0 Å². The number of hydrogen-bond acceptors (Lipinski definition) is 5. The van der Waals surface area contributed by atoms with Gasteiger partial charge in [-0.3, -0.25) is 0 Å². The van der Waals surface area contributed by atoms with E-state index in [2.05, 4.69) is 5.09 Å². The Balaban J connectivity index is 2.44. The van der Waals surface area contributed by atoms with Gasteiger partial charge in [-0.15, -0.1) is 0 Å². The van der Waals surface area contributed by atoms with Crippen LogP contribution in [0.1, 0.15) is 13.8 Å². The van der Waals surface area contributed by atoms with Crippen LogP contribution in [0.25, 0.3) is 0 Å². The normalized spacial score (nSPS) is 14.4. The van der Waals surface area contributed by atoms with Crippen LogP contribution >= 0.6 is 7.41 Å². The number of alkyl halides is 6. The molecule has 0 saturated carbocycles. The summed E-state index contributed by atoms with van der Waals surface area (Å²) in [5, 5.41) is 3.97. The molecule has 0 saturated heterocycles. The van der Waals surface area contributed by atoms with Crippen molar-refractivity contribution in [2.75, 3.05) is 0 Å². The predicted octanol–water partition coefficient (Wildman–Crippen LogP) is 3.95. The number of nitrogens with zero attached hydrogens (tertiary/aromatic N) is 1. The summed E-state index contributed by atoms with van der Waals surface area (Å²) in [7, 11) is -18.1. The van der Waals surface area contributed by atoms with Crippen molar-refractivity contribution in [2.45, 2.75) is 30.5 Å². The zero-order valence-electron chi connectivity index (χ0n) is 19.8. The molecule has 0 spiro atoms. The predicted molar refractivity (Wildman–Crippen MR) is 136 cm³/mol. The first-order valence-electron chi connectivity index (χ1n) is 10.8. The topological polar surface area (TPSA) is 83.6 Å². The number of benzene rings is 3. The zero-order chi connectivity index (χ0) is 28.6. The van der Waals surface area contributed by atoms with Gasteiger partial charge in [-0.05, 0) is 0 Å². The summed E-state index contributed by atoms with van der Waals surface area (Å²) < 4.78 is 130. The van der Waals surface area contributed by atoms with Crippen LogP contribution in [-0.2, 0) is 20.0 Å². The van der Waals surface area contributed by atoms with E-state index in [0.717, 1.165) is 0 Å². The molecule has 0 bridgehead atoms. The minimum atomic E-state index is -7.07. The Morgan fingerprint density at radius 2 is 0.842 bits per heavy atom. The third-order valence-corrected chi connectivity index (χ3v) is 14.3. The second kappa shape index (κ2) is 10.2. The Kier molecular flexibility index (Phi) is 8.09. The first-order valence-corrected chi connectivity index (χ1v) is 15.7. The van der Waals surface area contributed by atoms with E-state index >= 15 is 0 Å². The fourth-order valence-corrected chi connectivity index (χ4v) is 12.1. The molecular weight excluding hydrogens is 577 g/mol. The van der Waals surface area contributed by atoms with Crippen molar-refractivity contribution in [3.8, 4) is 0 Å². The van der Waals surface area contributed by atoms with Gasteiger partial charge in [0.25, 0.3) is 0 Å². The monoisotopic (exact) mass is 600 g/mol. The second-order valence-electron chi connectivity index (χ2n) is 8.63. The number of rotatable bonds is 8.